The van der Waals surface area contributed by atoms with Crippen molar-refractivity contribution in [3.05, 3.63) is 0 Å². The lowest BCUT2D eigenvalue weighted by Gasteiger charge is -2.18. The topological polar surface area (TPSA) is 142 Å². The minimum Gasteiger partial charge on any atom is -0.480 e. The van der Waals surface area contributed by atoms with Gasteiger partial charge in [-0.15, -0.1) is 0 Å². The summed E-state index contributed by atoms with van der Waals surface area (Å²) in [6.45, 7) is 3.51. The molecule has 0 fully saturated rings. The van der Waals surface area contributed by atoms with Gasteiger partial charge in [0.15, 0.2) is 0 Å². The van der Waals surface area contributed by atoms with Crippen LogP contribution in [-0.4, -0.2) is 59.3 Å². The number of carboxylic acids is 1. The monoisotopic (exact) mass is 781 g/mol. The molecule has 55 heavy (non-hydrogen) atoms. The number of hydrogen-bond donors (Lipinski definition) is 4. The number of aliphatic hydroxyl groups is 1. The summed E-state index contributed by atoms with van der Waals surface area (Å²) in [7, 11) is 0. The molecular weight excluding hydrogens is 693 g/mol. The second-order valence-corrected chi connectivity index (χ2v) is 16.2. The fourth-order valence-electron chi connectivity index (χ4n) is 7.25. The van der Waals surface area contributed by atoms with Crippen molar-refractivity contribution in [2.24, 2.45) is 0 Å². The lowest BCUT2D eigenvalue weighted by Crippen LogP contribution is -2.47. The van der Waals surface area contributed by atoms with Gasteiger partial charge in [-0.2, -0.15) is 0 Å². The molecule has 0 aliphatic carbocycles. The van der Waals surface area contributed by atoms with Crippen LogP contribution in [0.3, 0.4) is 0 Å². The van der Waals surface area contributed by atoms with E-state index in [1.54, 1.807) is 0 Å². The van der Waals surface area contributed by atoms with Gasteiger partial charge >= 0.3 is 11.9 Å². The SMILES string of the molecule is CCCCCCCCCCCCCCCCC(CCCCCCCC(=O)NCC(=O)NC(CO)C(=O)O)OC(=O)CCCCCCCCCCCCCCC. The van der Waals surface area contributed by atoms with Gasteiger partial charge in [-0.05, 0) is 38.5 Å². The van der Waals surface area contributed by atoms with Gasteiger partial charge in [0.2, 0.25) is 11.8 Å². The predicted molar refractivity (Wildman–Crippen MR) is 227 cm³/mol. The highest BCUT2D eigenvalue weighted by Crippen LogP contribution is 2.19. The zero-order chi connectivity index (χ0) is 40.5. The van der Waals surface area contributed by atoms with E-state index in [1.165, 1.54) is 154 Å². The molecule has 324 valence electrons. The molecule has 0 aromatic heterocycles. The van der Waals surface area contributed by atoms with E-state index in [0.29, 0.717) is 19.3 Å². The van der Waals surface area contributed by atoms with Crippen LogP contribution in [-0.2, 0) is 23.9 Å². The molecule has 9 heteroatoms. The second-order valence-electron chi connectivity index (χ2n) is 16.2. The molecule has 0 heterocycles. The average Bonchev–Trinajstić information content (AvgIpc) is 3.17. The quantitative estimate of drug-likeness (QED) is 0.0356. The number of amides is 2. The number of hydrogen-bond acceptors (Lipinski definition) is 6. The van der Waals surface area contributed by atoms with Crippen molar-refractivity contribution < 1.29 is 34.1 Å². The van der Waals surface area contributed by atoms with Crippen LogP contribution in [0.15, 0.2) is 0 Å². The van der Waals surface area contributed by atoms with E-state index in [1.807, 2.05) is 0 Å². The zero-order valence-corrected chi connectivity index (χ0v) is 36.0. The molecule has 0 aromatic carbocycles. The molecule has 0 rings (SSSR count). The Morgan fingerprint density at radius 3 is 1.18 bits per heavy atom. The van der Waals surface area contributed by atoms with Gasteiger partial charge in [0.05, 0.1) is 13.2 Å². The number of carbonyl (C=O) groups is 4. The zero-order valence-electron chi connectivity index (χ0n) is 36.0. The van der Waals surface area contributed by atoms with E-state index in [9.17, 15) is 19.2 Å². The summed E-state index contributed by atoms with van der Waals surface area (Å²) in [6, 6.07) is -1.38. The van der Waals surface area contributed by atoms with Gasteiger partial charge in [0.25, 0.3) is 0 Å². The lowest BCUT2D eigenvalue weighted by atomic mass is 10.0. The number of aliphatic carboxylic acids is 1. The van der Waals surface area contributed by atoms with Crippen LogP contribution in [0.2, 0.25) is 0 Å². The number of aliphatic hydroxyl groups excluding tert-OH is 1. The van der Waals surface area contributed by atoms with Gasteiger partial charge in [0, 0.05) is 12.8 Å². The van der Waals surface area contributed by atoms with Gasteiger partial charge in [-0.1, -0.05) is 194 Å². The number of unbranched alkanes of at least 4 members (excludes halogenated alkanes) is 29. The first-order chi connectivity index (χ1) is 26.8. The third kappa shape index (κ3) is 38.5. The van der Waals surface area contributed by atoms with E-state index in [0.717, 1.165) is 57.8 Å². The molecule has 0 aromatic rings. The molecule has 0 spiro atoms. The van der Waals surface area contributed by atoms with Gasteiger partial charge in [0.1, 0.15) is 12.1 Å². The Labute approximate surface area is 338 Å². The molecule has 2 atom stereocenters. The number of carboxylic acid groups (broad SMARTS) is 1. The van der Waals surface area contributed by atoms with Gasteiger partial charge < -0.3 is 25.6 Å². The highest BCUT2D eigenvalue weighted by atomic mass is 16.5. The molecule has 0 radical (unpaired) electrons. The highest BCUT2D eigenvalue weighted by molar-refractivity contribution is 5.87. The van der Waals surface area contributed by atoms with Crippen molar-refractivity contribution in [1.82, 2.24) is 10.6 Å². The molecule has 9 nitrogen and oxygen atoms in total. The Morgan fingerprint density at radius 2 is 0.818 bits per heavy atom. The summed E-state index contributed by atoms with van der Waals surface area (Å²) >= 11 is 0. The molecule has 0 saturated carbocycles. The summed E-state index contributed by atoms with van der Waals surface area (Å²) in [6.07, 6.45) is 42.7. The molecule has 2 amide bonds. The fraction of sp³-hybridized carbons (Fsp3) is 0.913. The minimum atomic E-state index is -1.38. The van der Waals surface area contributed by atoms with E-state index < -0.39 is 24.5 Å². The summed E-state index contributed by atoms with van der Waals surface area (Å²) in [5, 5.41) is 22.6. The summed E-state index contributed by atoms with van der Waals surface area (Å²) in [4.78, 5) is 47.6. The smallest absolute Gasteiger partial charge is 0.328 e. The van der Waals surface area contributed by atoms with Crippen molar-refractivity contribution in [1.29, 1.82) is 0 Å². The molecule has 0 aliphatic heterocycles. The van der Waals surface area contributed by atoms with Crippen LogP contribution in [0.4, 0.5) is 0 Å². The number of rotatable bonds is 43. The Balaban J connectivity index is 4.28. The van der Waals surface area contributed by atoms with Crippen molar-refractivity contribution in [3.63, 3.8) is 0 Å². The maximum Gasteiger partial charge on any atom is 0.328 e. The Morgan fingerprint density at radius 1 is 0.473 bits per heavy atom. The Hall–Kier alpha value is -2.16. The fourth-order valence-corrected chi connectivity index (χ4v) is 7.25. The average molecular weight is 781 g/mol. The first-order valence-electron chi connectivity index (χ1n) is 23.4. The highest BCUT2D eigenvalue weighted by Gasteiger charge is 2.19. The Bertz CT molecular complexity index is 900. The predicted octanol–water partition coefficient (Wildman–Crippen LogP) is 11.7. The Kier molecular flexibility index (Phi) is 39.8. The third-order valence-corrected chi connectivity index (χ3v) is 10.9. The molecular formula is C46H88N2O7. The maximum atomic E-state index is 12.8. The summed E-state index contributed by atoms with van der Waals surface area (Å²) < 4.78 is 6.05. The van der Waals surface area contributed by atoms with Crippen LogP contribution < -0.4 is 10.6 Å². The molecule has 0 bridgehead atoms. The van der Waals surface area contributed by atoms with Crippen LogP contribution >= 0.6 is 0 Å². The second kappa shape index (κ2) is 41.5. The van der Waals surface area contributed by atoms with E-state index in [2.05, 4.69) is 24.5 Å². The lowest BCUT2D eigenvalue weighted by molar-refractivity contribution is -0.150. The largest absolute Gasteiger partial charge is 0.480 e. The van der Waals surface area contributed by atoms with E-state index >= 15 is 0 Å². The normalized spacial score (nSPS) is 12.3. The number of carbonyl (C=O) groups excluding carboxylic acids is 3. The molecule has 4 N–H and O–H groups in total. The first kappa shape index (κ1) is 52.8. The summed E-state index contributed by atoms with van der Waals surface area (Å²) in [5.74, 6) is -2.27. The van der Waals surface area contributed by atoms with Crippen molar-refractivity contribution in [2.75, 3.05) is 13.2 Å². The minimum absolute atomic E-state index is 0.00437. The van der Waals surface area contributed by atoms with E-state index in [-0.39, 0.29) is 24.5 Å². The standard InChI is InChI=1S/C46H88N2O7/c1-3-5-7-9-11-13-15-17-19-20-22-24-27-31-35-41(55-45(52)38-34-30-25-23-21-18-16-14-12-10-8-6-4-2)36-32-28-26-29-33-37-43(50)47-39-44(51)48-42(40-49)46(53)54/h41-42,49H,3-40H2,1-2H3,(H,47,50)(H,48,51)(H,53,54). The van der Waals surface area contributed by atoms with Crippen LogP contribution in [0.5, 0.6) is 0 Å². The maximum absolute atomic E-state index is 12.8. The van der Waals surface area contributed by atoms with Crippen molar-refractivity contribution in [2.45, 2.75) is 257 Å². The van der Waals surface area contributed by atoms with Crippen LogP contribution in [0.25, 0.3) is 0 Å². The first-order valence-corrected chi connectivity index (χ1v) is 23.4. The number of esters is 1. The summed E-state index contributed by atoms with van der Waals surface area (Å²) in [5.41, 5.74) is 0. The van der Waals surface area contributed by atoms with Crippen LogP contribution in [0, 0.1) is 0 Å². The van der Waals surface area contributed by atoms with Gasteiger partial charge in [-0.3, -0.25) is 14.4 Å². The van der Waals surface area contributed by atoms with Crippen LogP contribution in [0.1, 0.15) is 245 Å². The van der Waals surface area contributed by atoms with E-state index in [4.69, 9.17) is 14.9 Å². The number of ether oxygens (including phenoxy) is 1. The third-order valence-electron chi connectivity index (χ3n) is 10.9. The molecule has 2 unspecified atom stereocenters. The van der Waals surface area contributed by atoms with Gasteiger partial charge in [-0.25, -0.2) is 4.79 Å². The van der Waals surface area contributed by atoms with Crippen molar-refractivity contribution >= 4 is 23.8 Å². The van der Waals surface area contributed by atoms with Crippen molar-refractivity contribution in [3.8, 4) is 0 Å². The molecule has 0 saturated heterocycles. The number of nitrogens with one attached hydrogen (secondary N) is 2. The molecule has 0 aliphatic rings.